The second kappa shape index (κ2) is 20.5. The molecule has 1 spiro atoms. The van der Waals surface area contributed by atoms with Gasteiger partial charge in [0.15, 0.2) is 11.6 Å². The summed E-state index contributed by atoms with van der Waals surface area (Å²) < 4.78 is 124. The monoisotopic (exact) mass is 1100 g/mol. The van der Waals surface area contributed by atoms with Crippen LogP contribution in [0.3, 0.4) is 0 Å². The number of benzene rings is 4. The summed E-state index contributed by atoms with van der Waals surface area (Å²) in [6.45, 7) is 4.63. The number of fused-ring (bicyclic) bond motifs is 1. The highest BCUT2D eigenvalue weighted by Gasteiger charge is 2.77. The quantitative estimate of drug-likeness (QED) is 0.0868. The van der Waals surface area contributed by atoms with Crippen LogP contribution in [0.1, 0.15) is 72.0 Å². The zero-order valence-electron chi connectivity index (χ0n) is 43.5. The van der Waals surface area contributed by atoms with Gasteiger partial charge in [-0.1, -0.05) is 48.0 Å². The molecule has 21 heteroatoms. The van der Waals surface area contributed by atoms with Gasteiger partial charge in [0.25, 0.3) is 5.92 Å². The van der Waals surface area contributed by atoms with Crippen LogP contribution in [0.4, 0.5) is 43.8 Å². The minimum Gasteiger partial charge on any atom is -0.497 e. The summed E-state index contributed by atoms with van der Waals surface area (Å²) in [4.78, 5) is 28.9. The number of nitrogens with one attached hydrogen (secondary N) is 1. The number of halogens is 7. The van der Waals surface area contributed by atoms with Gasteiger partial charge in [0.2, 0.25) is 0 Å². The number of alkyl halides is 5. The van der Waals surface area contributed by atoms with E-state index in [1.54, 1.807) is 56.7 Å². The summed E-state index contributed by atoms with van der Waals surface area (Å²) in [5.41, 5.74) is -2.20. The van der Waals surface area contributed by atoms with Gasteiger partial charge in [-0.25, -0.2) is 28.1 Å². The first-order valence-electron chi connectivity index (χ1n) is 25.6. The highest BCUT2D eigenvalue weighted by molar-refractivity contribution is 6.36. The van der Waals surface area contributed by atoms with Crippen molar-refractivity contribution in [2.45, 2.75) is 82.8 Å². The van der Waals surface area contributed by atoms with Crippen molar-refractivity contribution < 1.29 is 50.0 Å². The standard InChI is InChI=1S/C57H56ClF6N9O5/c1-33-23-42(71(26-36-9-15-39(75-4)16-10-36)27-37-11-17-40(76-5)18-12-37)68-48(45(33)57(62,63)64)43-46(58)50-44-49(47(43)59)69-53(78-31-55-19-6-20-72(55)30-54(28-55)29-56(54,60)61)70-52(44)73(21-22-77-50)34(2)41-25-65-32-67-51(41)66-24-35-7-13-38(74-3)14-8-35/h7-18,23,25,32,34H,6,19-22,24,26-31H2,1-5H3,(H,65,66,67)/t34-,54-,55+/m1/s1. The minimum absolute atomic E-state index is 0.0253. The van der Waals surface area contributed by atoms with Crippen molar-refractivity contribution >= 4 is 40.0 Å². The van der Waals surface area contributed by atoms with Gasteiger partial charge in [0.1, 0.15) is 59.8 Å². The van der Waals surface area contributed by atoms with Crippen molar-refractivity contribution in [1.29, 1.82) is 0 Å². The van der Waals surface area contributed by atoms with Crippen molar-refractivity contribution in [1.82, 2.24) is 29.8 Å². The lowest BCUT2D eigenvalue weighted by molar-refractivity contribution is -0.137. The average molecular weight is 1100 g/mol. The molecule has 0 unspecified atom stereocenters. The Bertz CT molecular complexity index is 3330. The SMILES string of the molecule is COc1ccc(CNc2ncncc2[C@@H](C)N2CCOc3c(Cl)c(-c4nc(N(Cc5ccc(OC)cc5)Cc5ccc(OC)cc5)cc(C)c4C(F)(F)F)c(F)c4nc(OC[C@@]56CCCN5C[C@]5(CC5(F)F)C6)nc2c34)cc1. The lowest BCUT2D eigenvalue weighted by atomic mass is 9.89. The Balaban J connectivity index is 1.05. The molecule has 1 saturated carbocycles. The summed E-state index contributed by atoms with van der Waals surface area (Å²) >= 11 is 7.30. The van der Waals surface area contributed by atoms with E-state index in [2.05, 4.69) is 20.3 Å². The summed E-state index contributed by atoms with van der Waals surface area (Å²) in [6, 6.07) is 22.4. The van der Waals surface area contributed by atoms with E-state index in [0.29, 0.717) is 48.1 Å². The number of methoxy groups -OCH3 is 3. The molecule has 1 N–H and O–H groups in total. The lowest BCUT2D eigenvalue weighted by Crippen LogP contribution is -2.43. The average Bonchev–Trinajstić information content (AvgIpc) is 3.11. The fourth-order valence-electron chi connectivity index (χ4n) is 11.6. The van der Waals surface area contributed by atoms with Crippen molar-refractivity contribution in [3.8, 4) is 40.3 Å². The predicted molar refractivity (Wildman–Crippen MR) is 283 cm³/mol. The zero-order chi connectivity index (χ0) is 54.7. The van der Waals surface area contributed by atoms with Gasteiger partial charge in [0.05, 0.1) is 72.1 Å². The highest BCUT2D eigenvalue weighted by Crippen LogP contribution is 2.69. The van der Waals surface area contributed by atoms with Gasteiger partial charge in [-0.05, 0) is 104 Å². The smallest absolute Gasteiger partial charge is 0.418 e. The van der Waals surface area contributed by atoms with Gasteiger partial charge in [-0.2, -0.15) is 23.1 Å². The van der Waals surface area contributed by atoms with E-state index in [0.717, 1.165) is 23.1 Å². The molecule has 3 atom stereocenters. The van der Waals surface area contributed by atoms with Crippen LogP contribution in [-0.2, 0) is 25.8 Å². The molecule has 0 bridgehead atoms. The maximum absolute atomic E-state index is 18.4. The molecule has 0 radical (unpaired) electrons. The summed E-state index contributed by atoms with van der Waals surface area (Å²) in [6.07, 6.45) is -0.678. The van der Waals surface area contributed by atoms with Gasteiger partial charge >= 0.3 is 12.2 Å². The Kier molecular flexibility index (Phi) is 13.8. The molecule has 4 aromatic carbocycles. The number of nitrogens with zero attached hydrogens (tertiary/aromatic N) is 8. The van der Waals surface area contributed by atoms with Crippen LogP contribution in [0.5, 0.6) is 29.0 Å². The van der Waals surface area contributed by atoms with E-state index in [-0.39, 0.29) is 86.6 Å². The molecular formula is C57H56ClF6N9O5. The normalized spacial score (nSPS) is 19.8. The molecule has 7 aromatic rings. The molecule has 2 saturated heterocycles. The van der Waals surface area contributed by atoms with E-state index >= 15 is 17.6 Å². The van der Waals surface area contributed by atoms with E-state index in [9.17, 15) is 8.78 Å². The van der Waals surface area contributed by atoms with Crippen LogP contribution >= 0.6 is 11.6 Å². The van der Waals surface area contributed by atoms with Crippen LogP contribution in [0.25, 0.3) is 22.2 Å². The fourth-order valence-corrected chi connectivity index (χ4v) is 11.9. The molecule has 4 aliphatic rings. The first kappa shape index (κ1) is 52.7. The van der Waals surface area contributed by atoms with E-state index in [1.165, 1.54) is 19.3 Å². The van der Waals surface area contributed by atoms with Crippen molar-refractivity contribution in [2.24, 2.45) is 5.41 Å². The molecular weight excluding hydrogens is 1040 g/mol. The van der Waals surface area contributed by atoms with Crippen molar-refractivity contribution in [3.05, 3.63) is 136 Å². The number of aryl methyl sites for hydroxylation is 1. The number of hydrogen-bond acceptors (Lipinski definition) is 14. The number of ether oxygens (including phenoxy) is 5. The van der Waals surface area contributed by atoms with Crippen molar-refractivity contribution in [3.63, 3.8) is 0 Å². The zero-order valence-corrected chi connectivity index (χ0v) is 44.2. The Morgan fingerprint density at radius 2 is 1.49 bits per heavy atom. The Morgan fingerprint density at radius 1 is 0.859 bits per heavy atom. The third-order valence-corrected chi connectivity index (χ3v) is 16.1. The lowest BCUT2D eigenvalue weighted by Gasteiger charge is -2.32. The van der Waals surface area contributed by atoms with Gasteiger partial charge < -0.3 is 38.8 Å². The van der Waals surface area contributed by atoms with Gasteiger partial charge in [-0.15, -0.1) is 0 Å². The van der Waals surface area contributed by atoms with Gasteiger partial charge in [0, 0.05) is 44.4 Å². The molecule has 0 amide bonds. The third-order valence-electron chi connectivity index (χ3n) is 15.8. The Morgan fingerprint density at radius 3 is 2.09 bits per heavy atom. The molecule has 6 heterocycles. The van der Waals surface area contributed by atoms with Crippen LogP contribution in [0.2, 0.25) is 5.02 Å². The maximum atomic E-state index is 18.4. The first-order chi connectivity index (χ1) is 37.4. The number of pyridine rings is 1. The summed E-state index contributed by atoms with van der Waals surface area (Å²) in [7, 11) is 4.68. The number of anilines is 3. The molecule has 3 aliphatic heterocycles. The Labute approximate surface area is 451 Å². The summed E-state index contributed by atoms with van der Waals surface area (Å²) in [5.74, 6) is -1.60. The number of rotatable bonds is 17. The topological polar surface area (TPSA) is 132 Å². The molecule has 1 aliphatic carbocycles. The second-order valence-corrected chi connectivity index (χ2v) is 21.0. The van der Waals surface area contributed by atoms with Crippen LogP contribution in [0.15, 0.2) is 91.4 Å². The molecule has 11 rings (SSSR count). The van der Waals surface area contributed by atoms with E-state index in [1.807, 2.05) is 65.3 Å². The van der Waals surface area contributed by atoms with Crippen molar-refractivity contribution in [2.75, 3.05) is 69.3 Å². The third kappa shape index (κ3) is 9.74. The number of aromatic nitrogens is 5. The number of hydrogen-bond donors (Lipinski definition) is 1. The minimum atomic E-state index is -5.06. The highest BCUT2D eigenvalue weighted by atomic mass is 35.5. The molecule has 14 nitrogen and oxygen atoms in total. The van der Waals surface area contributed by atoms with E-state index in [4.69, 9.17) is 45.3 Å². The first-order valence-corrected chi connectivity index (χ1v) is 26.0. The Hall–Kier alpha value is -7.32. The van der Waals surface area contributed by atoms with Crippen LogP contribution < -0.4 is 38.8 Å². The second-order valence-electron chi connectivity index (χ2n) is 20.6. The van der Waals surface area contributed by atoms with Gasteiger partial charge in [-0.3, -0.25) is 4.90 Å². The molecule has 3 aromatic heterocycles. The fraction of sp³-hybridized carbons (Fsp3) is 0.386. The van der Waals surface area contributed by atoms with Crippen LogP contribution in [0, 0.1) is 18.2 Å². The summed E-state index contributed by atoms with van der Waals surface area (Å²) in [5, 5.41) is 2.90. The largest absolute Gasteiger partial charge is 0.497 e. The molecule has 78 heavy (non-hydrogen) atoms. The predicted octanol–water partition coefficient (Wildman–Crippen LogP) is 12.0. The molecule has 408 valence electrons. The maximum Gasteiger partial charge on any atom is 0.418 e. The van der Waals surface area contributed by atoms with E-state index < -0.39 is 62.3 Å². The molecule has 3 fully saturated rings. The van der Waals surface area contributed by atoms with Crippen LogP contribution in [-0.4, -0.2) is 95.5 Å².